The smallest absolute Gasteiger partial charge is 0.220 e. The lowest BCUT2D eigenvalue weighted by atomic mass is 9.84. The van der Waals surface area contributed by atoms with Crippen LogP contribution in [0.4, 0.5) is 0 Å². The molecule has 0 bridgehead atoms. The minimum atomic E-state index is 0.211. The van der Waals surface area contributed by atoms with Gasteiger partial charge in [-0.05, 0) is 44.7 Å². The number of likely N-dealkylation sites (N-methyl/N-ethyl adjacent to an activating group) is 1. The first kappa shape index (κ1) is 15.4. The zero-order valence-corrected chi connectivity index (χ0v) is 12.0. The Morgan fingerprint density at radius 3 is 2.39 bits per heavy atom. The molecular formula is C14H29N3O. The predicted molar refractivity (Wildman–Crippen MR) is 75.3 cm³/mol. The summed E-state index contributed by atoms with van der Waals surface area (Å²) in [4.78, 5) is 14.1. The average molecular weight is 255 g/mol. The van der Waals surface area contributed by atoms with Crippen molar-refractivity contribution in [2.45, 2.75) is 52.0 Å². The van der Waals surface area contributed by atoms with Crippen LogP contribution in [0.1, 0.15) is 46.0 Å². The van der Waals surface area contributed by atoms with Crippen LogP contribution in [0.15, 0.2) is 0 Å². The molecule has 0 aromatic heterocycles. The Kier molecular flexibility index (Phi) is 7.28. The van der Waals surface area contributed by atoms with Crippen LogP contribution in [-0.2, 0) is 4.79 Å². The van der Waals surface area contributed by atoms with Gasteiger partial charge in [-0.3, -0.25) is 4.79 Å². The van der Waals surface area contributed by atoms with Crippen molar-refractivity contribution >= 4 is 5.91 Å². The molecule has 0 heterocycles. The molecule has 1 amide bonds. The van der Waals surface area contributed by atoms with Gasteiger partial charge in [-0.25, -0.2) is 0 Å². The highest BCUT2D eigenvalue weighted by molar-refractivity contribution is 5.76. The molecule has 1 rings (SSSR count). The highest BCUT2D eigenvalue weighted by atomic mass is 16.1. The number of amides is 1. The molecule has 1 aliphatic rings. The highest BCUT2D eigenvalue weighted by Crippen LogP contribution is 2.25. The number of nitrogens with one attached hydrogen (secondary N) is 1. The molecule has 4 nitrogen and oxygen atoms in total. The molecule has 4 heteroatoms. The minimum Gasteiger partial charge on any atom is -0.355 e. The van der Waals surface area contributed by atoms with Gasteiger partial charge in [0.05, 0.1) is 0 Å². The van der Waals surface area contributed by atoms with Gasteiger partial charge >= 0.3 is 0 Å². The monoisotopic (exact) mass is 255 g/mol. The van der Waals surface area contributed by atoms with E-state index in [0.717, 1.165) is 51.9 Å². The zero-order chi connectivity index (χ0) is 13.4. The van der Waals surface area contributed by atoms with Crippen molar-refractivity contribution in [2.24, 2.45) is 11.7 Å². The highest BCUT2D eigenvalue weighted by Gasteiger charge is 2.20. The van der Waals surface area contributed by atoms with E-state index in [-0.39, 0.29) is 5.91 Å². The summed E-state index contributed by atoms with van der Waals surface area (Å²) in [6, 6.07) is 0.368. The third-order valence-electron chi connectivity index (χ3n) is 4.01. The second-order valence-electron chi connectivity index (χ2n) is 5.36. The summed E-state index contributed by atoms with van der Waals surface area (Å²) in [5.41, 5.74) is 5.87. The Balaban J connectivity index is 2.10. The van der Waals surface area contributed by atoms with Crippen molar-refractivity contribution in [2.75, 3.05) is 26.2 Å². The fourth-order valence-electron chi connectivity index (χ4n) is 2.62. The van der Waals surface area contributed by atoms with E-state index in [9.17, 15) is 4.79 Å². The molecule has 18 heavy (non-hydrogen) atoms. The van der Waals surface area contributed by atoms with Gasteiger partial charge in [0.2, 0.25) is 5.91 Å². The van der Waals surface area contributed by atoms with E-state index in [2.05, 4.69) is 24.1 Å². The molecule has 106 valence electrons. The number of hydrogen-bond acceptors (Lipinski definition) is 3. The van der Waals surface area contributed by atoms with E-state index in [1.807, 2.05) is 0 Å². The normalized spacial score (nSPS) is 24.2. The summed E-state index contributed by atoms with van der Waals surface area (Å²) in [6.07, 6.45) is 5.08. The van der Waals surface area contributed by atoms with Gasteiger partial charge in [0, 0.05) is 25.6 Å². The minimum absolute atomic E-state index is 0.211. The largest absolute Gasteiger partial charge is 0.355 e. The summed E-state index contributed by atoms with van der Waals surface area (Å²) in [6.45, 7) is 8.12. The molecule has 0 radical (unpaired) electrons. The summed E-state index contributed by atoms with van der Waals surface area (Å²) >= 11 is 0. The quantitative estimate of drug-likeness (QED) is 0.722. The van der Waals surface area contributed by atoms with E-state index in [1.54, 1.807) is 0 Å². The van der Waals surface area contributed by atoms with Crippen LogP contribution in [-0.4, -0.2) is 43.0 Å². The van der Waals surface area contributed by atoms with Gasteiger partial charge < -0.3 is 16.0 Å². The molecule has 0 spiro atoms. The summed E-state index contributed by atoms with van der Waals surface area (Å²) in [5.74, 6) is 0.765. The molecule has 0 unspecified atom stereocenters. The maximum Gasteiger partial charge on any atom is 0.220 e. The molecule has 0 aliphatic heterocycles. The van der Waals surface area contributed by atoms with E-state index >= 15 is 0 Å². The van der Waals surface area contributed by atoms with Crippen LogP contribution in [0.5, 0.6) is 0 Å². The van der Waals surface area contributed by atoms with Crippen molar-refractivity contribution in [3.63, 3.8) is 0 Å². The summed E-state index contributed by atoms with van der Waals surface area (Å²) < 4.78 is 0. The van der Waals surface area contributed by atoms with Crippen molar-refractivity contribution in [1.82, 2.24) is 10.2 Å². The van der Waals surface area contributed by atoms with Crippen LogP contribution in [0.25, 0.3) is 0 Å². The molecule has 3 N–H and O–H groups in total. The Hall–Kier alpha value is -0.610. The van der Waals surface area contributed by atoms with Crippen LogP contribution in [0, 0.1) is 5.92 Å². The zero-order valence-electron chi connectivity index (χ0n) is 12.0. The maximum atomic E-state index is 11.8. The topological polar surface area (TPSA) is 58.4 Å². The third kappa shape index (κ3) is 5.83. The van der Waals surface area contributed by atoms with Gasteiger partial charge in [0.25, 0.3) is 0 Å². The first-order chi connectivity index (χ1) is 8.65. The molecule has 1 saturated carbocycles. The lowest BCUT2D eigenvalue weighted by Crippen LogP contribution is -2.36. The van der Waals surface area contributed by atoms with Crippen LogP contribution < -0.4 is 11.1 Å². The molecular weight excluding hydrogens is 226 g/mol. The first-order valence-electron chi connectivity index (χ1n) is 7.40. The molecule has 0 saturated heterocycles. The molecule has 1 aliphatic carbocycles. The molecule has 0 atom stereocenters. The van der Waals surface area contributed by atoms with Crippen molar-refractivity contribution in [3.8, 4) is 0 Å². The maximum absolute atomic E-state index is 11.8. The standard InChI is InChI=1S/C14H29N3O/c1-3-17(4-2)10-9-16-14(18)11-12-5-7-13(15)8-6-12/h12-13H,3-11,15H2,1-2H3,(H,16,18). The fraction of sp³-hybridized carbons (Fsp3) is 0.929. The predicted octanol–water partition coefficient (Wildman–Crippen LogP) is 1.35. The second-order valence-corrected chi connectivity index (χ2v) is 5.36. The first-order valence-corrected chi connectivity index (χ1v) is 7.40. The Morgan fingerprint density at radius 2 is 1.83 bits per heavy atom. The van der Waals surface area contributed by atoms with Crippen LogP contribution in [0.2, 0.25) is 0 Å². The number of rotatable bonds is 7. The Labute approximate surface area is 111 Å². The van der Waals surface area contributed by atoms with E-state index < -0.39 is 0 Å². The lowest BCUT2D eigenvalue weighted by Gasteiger charge is -2.25. The molecule has 1 fully saturated rings. The Morgan fingerprint density at radius 1 is 1.22 bits per heavy atom. The van der Waals surface area contributed by atoms with E-state index in [0.29, 0.717) is 18.4 Å². The molecule has 0 aromatic rings. The number of nitrogens with two attached hydrogens (primary N) is 1. The van der Waals surface area contributed by atoms with Crippen molar-refractivity contribution in [3.05, 3.63) is 0 Å². The van der Waals surface area contributed by atoms with Crippen molar-refractivity contribution in [1.29, 1.82) is 0 Å². The van der Waals surface area contributed by atoms with Gasteiger partial charge in [-0.15, -0.1) is 0 Å². The van der Waals surface area contributed by atoms with Crippen LogP contribution >= 0.6 is 0 Å². The van der Waals surface area contributed by atoms with Gasteiger partial charge in [0.15, 0.2) is 0 Å². The van der Waals surface area contributed by atoms with Gasteiger partial charge in [0.1, 0.15) is 0 Å². The fourth-order valence-corrected chi connectivity index (χ4v) is 2.62. The number of carbonyl (C=O) groups is 1. The third-order valence-corrected chi connectivity index (χ3v) is 4.01. The molecule has 0 aromatic carbocycles. The number of nitrogens with zero attached hydrogens (tertiary/aromatic N) is 1. The summed E-state index contributed by atoms with van der Waals surface area (Å²) in [7, 11) is 0. The second kappa shape index (κ2) is 8.48. The van der Waals surface area contributed by atoms with Crippen molar-refractivity contribution < 1.29 is 4.79 Å². The SMILES string of the molecule is CCN(CC)CCNC(=O)CC1CCC(N)CC1. The van der Waals surface area contributed by atoms with Gasteiger partial charge in [-0.1, -0.05) is 13.8 Å². The van der Waals surface area contributed by atoms with E-state index in [1.165, 1.54) is 0 Å². The van der Waals surface area contributed by atoms with E-state index in [4.69, 9.17) is 5.73 Å². The number of carbonyl (C=O) groups excluding carboxylic acids is 1. The summed E-state index contributed by atoms with van der Waals surface area (Å²) in [5, 5.41) is 3.03. The number of hydrogen-bond donors (Lipinski definition) is 2. The van der Waals surface area contributed by atoms with Crippen LogP contribution in [0.3, 0.4) is 0 Å². The van der Waals surface area contributed by atoms with Gasteiger partial charge in [-0.2, -0.15) is 0 Å². The Bertz CT molecular complexity index is 233. The average Bonchev–Trinajstić information content (AvgIpc) is 2.37. The lowest BCUT2D eigenvalue weighted by molar-refractivity contribution is -0.122.